The molecular formula is C16H23N3. The molecule has 1 heterocycles. The highest BCUT2D eigenvalue weighted by molar-refractivity contribution is 5.29. The fourth-order valence-electron chi connectivity index (χ4n) is 2.40. The Balaban J connectivity index is 2.29. The first kappa shape index (κ1) is 13.8. The van der Waals surface area contributed by atoms with E-state index >= 15 is 0 Å². The van der Waals surface area contributed by atoms with E-state index in [0.29, 0.717) is 0 Å². The third kappa shape index (κ3) is 3.04. The van der Waals surface area contributed by atoms with Gasteiger partial charge in [0.1, 0.15) is 5.82 Å². The summed E-state index contributed by atoms with van der Waals surface area (Å²) in [5.74, 6) is 1.09. The lowest BCUT2D eigenvalue weighted by Crippen LogP contribution is -2.22. The van der Waals surface area contributed by atoms with Crippen molar-refractivity contribution < 1.29 is 0 Å². The number of aromatic nitrogens is 2. The van der Waals surface area contributed by atoms with E-state index in [4.69, 9.17) is 0 Å². The van der Waals surface area contributed by atoms with Gasteiger partial charge in [-0.3, -0.25) is 0 Å². The van der Waals surface area contributed by atoms with Gasteiger partial charge in [-0.15, -0.1) is 0 Å². The minimum absolute atomic E-state index is 0.160. The lowest BCUT2D eigenvalue weighted by Gasteiger charge is -2.18. The summed E-state index contributed by atoms with van der Waals surface area (Å²) >= 11 is 0. The summed E-state index contributed by atoms with van der Waals surface area (Å²) in [7, 11) is 1.99. The normalized spacial score (nSPS) is 12.6. The first-order chi connectivity index (χ1) is 9.30. The molecule has 1 aromatic carbocycles. The fraction of sp³-hybridized carbons (Fsp3) is 0.438. The van der Waals surface area contributed by atoms with Crippen LogP contribution in [0.4, 0.5) is 0 Å². The van der Waals surface area contributed by atoms with E-state index in [0.717, 1.165) is 25.2 Å². The SMILES string of the molecule is CCCn1ccnc1C(NC)c1ccc(CC)cc1. The molecule has 0 aliphatic carbocycles. The largest absolute Gasteiger partial charge is 0.333 e. The van der Waals surface area contributed by atoms with E-state index in [2.05, 4.69) is 59.2 Å². The van der Waals surface area contributed by atoms with E-state index < -0.39 is 0 Å². The maximum Gasteiger partial charge on any atom is 0.130 e. The Morgan fingerprint density at radius 2 is 1.95 bits per heavy atom. The zero-order chi connectivity index (χ0) is 13.7. The van der Waals surface area contributed by atoms with Crippen LogP contribution in [0.25, 0.3) is 0 Å². The average Bonchev–Trinajstić information content (AvgIpc) is 2.89. The van der Waals surface area contributed by atoms with Crippen LogP contribution in [0.2, 0.25) is 0 Å². The van der Waals surface area contributed by atoms with E-state index in [1.165, 1.54) is 11.1 Å². The summed E-state index contributed by atoms with van der Waals surface area (Å²) in [5, 5.41) is 3.37. The zero-order valence-electron chi connectivity index (χ0n) is 12.1. The molecule has 0 saturated carbocycles. The fourth-order valence-corrected chi connectivity index (χ4v) is 2.40. The van der Waals surface area contributed by atoms with E-state index in [1.54, 1.807) is 0 Å². The lowest BCUT2D eigenvalue weighted by atomic mass is 10.0. The molecule has 0 saturated heterocycles. The van der Waals surface area contributed by atoms with Crippen molar-refractivity contribution in [2.24, 2.45) is 0 Å². The summed E-state index contributed by atoms with van der Waals surface area (Å²) < 4.78 is 2.23. The minimum atomic E-state index is 0.160. The number of imidazole rings is 1. The van der Waals surface area contributed by atoms with Crippen molar-refractivity contribution in [3.05, 3.63) is 53.6 Å². The second-order valence-electron chi connectivity index (χ2n) is 4.80. The molecule has 2 aromatic rings. The molecule has 3 heteroatoms. The summed E-state index contributed by atoms with van der Waals surface area (Å²) in [5.41, 5.74) is 2.64. The molecule has 1 N–H and O–H groups in total. The van der Waals surface area contributed by atoms with Crippen LogP contribution in [-0.4, -0.2) is 16.6 Å². The summed E-state index contributed by atoms with van der Waals surface area (Å²) in [6.45, 7) is 5.38. The van der Waals surface area contributed by atoms with E-state index in [-0.39, 0.29) is 6.04 Å². The van der Waals surface area contributed by atoms with Crippen molar-refractivity contribution in [3.63, 3.8) is 0 Å². The van der Waals surface area contributed by atoms with Crippen LogP contribution in [0.15, 0.2) is 36.7 Å². The van der Waals surface area contributed by atoms with Gasteiger partial charge in [-0.2, -0.15) is 0 Å². The number of nitrogens with one attached hydrogen (secondary N) is 1. The first-order valence-corrected chi connectivity index (χ1v) is 7.07. The van der Waals surface area contributed by atoms with Crippen molar-refractivity contribution >= 4 is 0 Å². The molecule has 2 rings (SSSR count). The topological polar surface area (TPSA) is 29.9 Å². The van der Waals surface area contributed by atoms with Gasteiger partial charge >= 0.3 is 0 Å². The molecule has 0 aliphatic heterocycles. The van der Waals surface area contributed by atoms with Crippen molar-refractivity contribution in [1.82, 2.24) is 14.9 Å². The van der Waals surface area contributed by atoms with Gasteiger partial charge in [0.05, 0.1) is 6.04 Å². The Bertz CT molecular complexity index is 499. The molecule has 3 nitrogen and oxygen atoms in total. The van der Waals surface area contributed by atoms with Gasteiger partial charge in [-0.05, 0) is 31.0 Å². The number of hydrogen-bond donors (Lipinski definition) is 1. The van der Waals surface area contributed by atoms with Gasteiger partial charge in [0.25, 0.3) is 0 Å². The van der Waals surface area contributed by atoms with Crippen molar-refractivity contribution in [2.45, 2.75) is 39.3 Å². The zero-order valence-corrected chi connectivity index (χ0v) is 12.1. The predicted molar refractivity (Wildman–Crippen MR) is 79.2 cm³/mol. The smallest absolute Gasteiger partial charge is 0.130 e. The molecule has 0 aliphatic rings. The molecule has 0 amide bonds. The van der Waals surface area contributed by atoms with Crippen LogP contribution in [0.1, 0.15) is 43.3 Å². The van der Waals surface area contributed by atoms with Crippen molar-refractivity contribution in [2.75, 3.05) is 7.05 Å². The lowest BCUT2D eigenvalue weighted by molar-refractivity contribution is 0.568. The van der Waals surface area contributed by atoms with Gasteiger partial charge in [0, 0.05) is 18.9 Å². The summed E-state index contributed by atoms with van der Waals surface area (Å²) in [4.78, 5) is 4.53. The standard InChI is InChI=1S/C16H23N3/c1-4-11-19-12-10-18-16(19)15(17-3)14-8-6-13(5-2)7-9-14/h6-10,12,15,17H,4-5,11H2,1-3H3. The maximum atomic E-state index is 4.53. The Hall–Kier alpha value is -1.61. The molecule has 0 radical (unpaired) electrons. The quantitative estimate of drug-likeness (QED) is 0.861. The number of hydrogen-bond acceptors (Lipinski definition) is 2. The molecule has 1 unspecified atom stereocenters. The number of nitrogens with zero attached hydrogens (tertiary/aromatic N) is 2. The van der Waals surface area contributed by atoms with Gasteiger partial charge in [-0.1, -0.05) is 38.1 Å². The van der Waals surface area contributed by atoms with Crippen molar-refractivity contribution in [1.29, 1.82) is 0 Å². The molecule has 1 atom stereocenters. The molecule has 0 fully saturated rings. The molecule has 1 aromatic heterocycles. The van der Waals surface area contributed by atoms with Crippen LogP contribution in [0.3, 0.4) is 0 Å². The third-order valence-corrected chi connectivity index (χ3v) is 3.48. The summed E-state index contributed by atoms with van der Waals surface area (Å²) in [6.07, 6.45) is 6.14. The van der Waals surface area contributed by atoms with Crippen LogP contribution >= 0.6 is 0 Å². The number of benzene rings is 1. The minimum Gasteiger partial charge on any atom is -0.333 e. The van der Waals surface area contributed by atoms with Gasteiger partial charge in [0.15, 0.2) is 0 Å². The second kappa shape index (κ2) is 6.53. The van der Waals surface area contributed by atoms with E-state index in [9.17, 15) is 0 Å². The Kier molecular flexibility index (Phi) is 4.74. The Morgan fingerprint density at radius 3 is 2.53 bits per heavy atom. The molecular weight excluding hydrogens is 234 g/mol. The highest BCUT2D eigenvalue weighted by atomic mass is 15.1. The van der Waals surface area contributed by atoms with Crippen LogP contribution in [-0.2, 0) is 13.0 Å². The second-order valence-corrected chi connectivity index (χ2v) is 4.80. The molecule has 0 bridgehead atoms. The monoisotopic (exact) mass is 257 g/mol. The Labute approximate surface area is 115 Å². The average molecular weight is 257 g/mol. The first-order valence-electron chi connectivity index (χ1n) is 7.07. The highest BCUT2D eigenvalue weighted by Crippen LogP contribution is 2.21. The van der Waals surface area contributed by atoms with E-state index in [1.807, 2.05) is 13.2 Å². The Morgan fingerprint density at radius 1 is 1.21 bits per heavy atom. The van der Waals surface area contributed by atoms with Gasteiger partial charge in [0.2, 0.25) is 0 Å². The molecule has 102 valence electrons. The maximum absolute atomic E-state index is 4.53. The number of aryl methyl sites for hydroxylation is 2. The van der Waals surface area contributed by atoms with Crippen LogP contribution in [0.5, 0.6) is 0 Å². The van der Waals surface area contributed by atoms with Gasteiger partial charge in [-0.25, -0.2) is 4.98 Å². The van der Waals surface area contributed by atoms with Crippen LogP contribution in [0, 0.1) is 0 Å². The summed E-state index contributed by atoms with van der Waals surface area (Å²) in [6, 6.07) is 8.96. The van der Waals surface area contributed by atoms with Crippen molar-refractivity contribution in [3.8, 4) is 0 Å². The highest BCUT2D eigenvalue weighted by Gasteiger charge is 2.16. The number of rotatable bonds is 6. The molecule has 0 spiro atoms. The van der Waals surface area contributed by atoms with Gasteiger partial charge < -0.3 is 9.88 Å². The van der Waals surface area contributed by atoms with Crippen LogP contribution < -0.4 is 5.32 Å². The predicted octanol–water partition coefficient (Wildman–Crippen LogP) is 3.16. The third-order valence-electron chi connectivity index (χ3n) is 3.48. The molecule has 19 heavy (non-hydrogen) atoms.